The summed E-state index contributed by atoms with van der Waals surface area (Å²) in [5.74, 6) is -1.45. The van der Waals surface area contributed by atoms with Gasteiger partial charge < -0.3 is 5.11 Å². The van der Waals surface area contributed by atoms with E-state index >= 15 is 0 Å². The number of carbonyl (C=O) groups is 1. The number of carboxylic acid groups (broad SMARTS) is 1. The molecule has 1 rings (SSSR count). The Labute approximate surface area is 107 Å². The van der Waals surface area contributed by atoms with Crippen LogP contribution in [0.1, 0.15) is 31.9 Å². The molecular weight excluding hydrogens is 266 g/mol. The highest BCUT2D eigenvalue weighted by Gasteiger charge is 2.37. The predicted octanol–water partition coefficient (Wildman–Crippen LogP) is 4.23. The van der Waals surface area contributed by atoms with Crippen LogP contribution in [0.4, 0.5) is 28.0 Å². The molecule has 3 nitrogen and oxygen atoms in total. The van der Waals surface area contributed by atoms with Crippen LogP contribution in [0.5, 0.6) is 0 Å². The van der Waals surface area contributed by atoms with Gasteiger partial charge in [0.15, 0.2) is 0 Å². The van der Waals surface area contributed by atoms with Crippen LogP contribution in [0.3, 0.4) is 0 Å². The molecule has 0 aromatic heterocycles. The van der Waals surface area contributed by atoms with Crippen molar-refractivity contribution >= 4 is 11.8 Å². The number of hydrogen-bond acceptors (Lipinski definition) is 1. The second kappa shape index (κ2) is 4.71. The minimum absolute atomic E-state index is 0.189. The summed E-state index contributed by atoms with van der Waals surface area (Å²) in [6.45, 7) is 4.50. The molecule has 2 N–H and O–H groups in total. The molecule has 7 heteroatoms. The Hall–Kier alpha value is -1.79. The first-order valence-corrected chi connectivity index (χ1v) is 5.34. The van der Waals surface area contributed by atoms with Gasteiger partial charge >= 0.3 is 12.3 Å². The third-order valence-corrected chi connectivity index (χ3v) is 2.44. The van der Waals surface area contributed by atoms with E-state index < -0.39 is 29.1 Å². The molecule has 1 amide bonds. The second-order valence-electron chi connectivity index (χ2n) is 5.03. The molecule has 0 aliphatic rings. The molecule has 0 fully saturated rings. The van der Waals surface area contributed by atoms with Crippen LogP contribution in [-0.2, 0) is 11.6 Å². The van der Waals surface area contributed by atoms with E-state index in [1.54, 1.807) is 0 Å². The van der Waals surface area contributed by atoms with Gasteiger partial charge in [0, 0.05) is 5.56 Å². The number of amides is 1. The molecule has 0 heterocycles. The molecule has 1 aromatic carbocycles. The van der Waals surface area contributed by atoms with Gasteiger partial charge in [0.1, 0.15) is 5.82 Å². The first kappa shape index (κ1) is 15.3. The number of benzene rings is 1. The molecule has 1 aromatic rings. The van der Waals surface area contributed by atoms with Crippen LogP contribution >= 0.6 is 0 Å². The average molecular weight is 279 g/mol. The van der Waals surface area contributed by atoms with Crippen LogP contribution in [0.2, 0.25) is 0 Å². The van der Waals surface area contributed by atoms with E-state index in [4.69, 9.17) is 5.11 Å². The smallest absolute Gasteiger partial charge is 0.419 e. The molecule has 0 spiro atoms. The van der Waals surface area contributed by atoms with Gasteiger partial charge in [-0.15, -0.1) is 0 Å². The predicted molar refractivity (Wildman–Crippen MR) is 61.7 cm³/mol. The summed E-state index contributed by atoms with van der Waals surface area (Å²) in [5, 5.41) is 10.5. The maximum absolute atomic E-state index is 14.0. The zero-order valence-electron chi connectivity index (χ0n) is 10.5. The molecule has 0 saturated heterocycles. The number of alkyl halides is 3. The highest BCUT2D eigenvalue weighted by Crippen LogP contribution is 2.39. The number of nitrogens with one attached hydrogen (secondary N) is 1. The SMILES string of the molecule is CC(C)(C)c1c(NC(=O)O)ccc(C(F)(F)F)c1F. The quantitative estimate of drug-likeness (QED) is 0.756. The second-order valence-corrected chi connectivity index (χ2v) is 5.03. The van der Waals surface area contributed by atoms with Crippen LogP contribution < -0.4 is 5.32 Å². The highest BCUT2D eigenvalue weighted by atomic mass is 19.4. The van der Waals surface area contributed by atoms with E-state index in [1.807, 2.05) is 5.32 Å². The van der Waals surface area contributed by atoms with E-state index in [9.17, 15) is 22.4 Å². The van der Waals surface area contributed by atoms with Crippen LogP contribution in [0.15, 0.2) is 12.1 Å². The Morgan fingerprint density at radius 2 is 1.74 bits per heavy atom. The topological polar surface area (TPSA) is 49.3 Å². The van der Waals surface area contributed by atoms with Gasteiger partial charge in [-0.05, 0) is 17.5 Å². The van der Waals surface area contributed by atoms with E-state index in [2.05, 4.69) is 0 Å². The minimum Gasteiger partial charge on any atom is -0.465 e. The lowest BCUT2D eigenvalue weighted by Gasteiger charge is -2.25. The fraction of sp³-hybridized carbons (Fsp3) is 0.417. The van der Waals surface area contributed by atoms with Crippen molar-refractivity contribution in [3.8, 4) is 0 Å². The summed E-state index contributed by atoms with van der Waals surface area (Å²) < 4.78 is 51.9. The Balaban J connectivity index is 3.55. The Morgan fingerprint density at radius 1 is 1.21 bits per heavy atom. The summed E-state index contributed by atoms with van der Waals surface area (Å²) in [7, 11) is 0. The van der Waals surface area contributed by atoms with E-state index in [0.717, 1.165) is 6.07 Å². The number of halogens is 4. The van der Waals surface area contributed by atoms with Crippen molar-refractivity contribution in [3.63, 3.8) is 0 Å². The van der Waals surface area contributed by atoms with Gasteiger partial charge in [-0.1, -0.05) is 20.8 Å². The molecule has 0 unspecified atom stereocenters. The van der Waals surface area contributed by atoms with Crippen molar-refractivity contribution in [2.45, 2.75) is 32.4 Å². The van der Waals surface area contributed by atoms with Crippen LogP contribution in [-0.4, -0.2) is 11.2 Å². The highest BCUT2D eigenvalue weighted by molar-refractivity contribution is 5.84. The van der Waals surface area contributed by atoms with Gasteiger partial charge in [0.05, 0.1) is 11.3 Å². The molecule has 0 bridgehead atoms. The van der Waals surface area contributed by atoms with Gasteiger partial charge in [-0.25, -0.2) is 9.18 Å². The number of anilines is 1. The van der Waals surface area contributed by atoms with Gasteiger partial charge in [0.25, 0.3) is 0 Å². The first-order chi connectivity index (χ1) is 8.44. The fourth-order valence-electron chi connectivity index (χ4n) is 1.75. The molecule has 0 aliphatic carbocycles. The molecule has 19 heavy (non-hydrogen) atoms. The maximum atomic E-state index is 14.0. The molecule has 0 radical (unpaired) electrons. The molecule has 0 aliphatic heterocycles. The van der Waals surface area contributed by atoms with Crippen molar-refractivity contribution in [2.24, 2.45) is 0 Å². The monoisotopic (exact) mass is 279 g/mol. The molecular formula is C12H13F4NO2. The number of hydrogen-bond donors (Lipinski definition) is 2. The van der Waals surface area contributed by atoms with E-state index in [0.29, 0.717) is 6.07 Å². The van der Waals surface area contributed by atoms with Crippen molar-refractivity contribution in [2.75, 3.05) is 5.32 Å². The fourth-order valence-corrected chi connectivity index (χ4v) is 1.75. The standard InChI is InChI=1S/C12H13F4NO2/c1-11(2,3)8-7(17-10(18)19)5-4-6(9(8)13)12(14,15)16/h4-5,17H,1-3H3,(H,18,19). The van der Waals surface area contributed by atoms with Crippen molar-refractivity contribution in [3.05, 3.63) is 29.1 Å². The lowest BCUT2D eigenvalue weighted by Crippen LogP contribution is -2.22. The normalized spacial score (nSPS) is 12.4. The summed E-state index contributed by atoms with van der Waals surface area (Å²) in [6, 6.07) is 1.44. The summed E-state index contributed by atoms with van der Waals surface area (Å²) in [6.07, 6.45) is -6.30. The molecule has 0 atom stereocenters. The van der Waals surface area contributed by atoms with Gasteiger partial charge in [0.2, 0.25) is 0 Å². The van der Waals surface area contributed by atoms with Gasteiger partial charge in [-0.2, -0.15) is 13.2 Å². The van der Waals surface area contributed by atoms with Crippen molar-refractivity contribution in [1.29, 1.82) is 0 Å². The summed E-state index contributed by atoms with van der Waals surface area (Å²) in [4.78, 5) is 10.6. The van der Waals surface area contributed by atoms with Crippen molar-refractivity contribution in [1.82, 2.24) is 0 Å². The Bertz CT molecular complexity index is 504. The van der Waals surface area contributed by atoms with Crippen LogP contribution in [0.25, 0.3) is 0 Å². The molecule has 106 valence electrons. The first-order valence-electron chi connectivity index (χ1n) is 5.34. The average Bonchev–Trinajstić information content (AvgIpc) is 2.11. The lowest BCUT2D eigenvalue weighted by atomic mass is 9.84. The van der Waals surface area contributed by atoms with Gasteiger partial charge in [-0.3, -0.25) is 5.32 Å². The molecule has 0 saturated carbocycles. The summed E-state index contributed by atoms with van der Waals surface area (Å²) in [5.41, 5.74) is -2.90. The van der Waals surface area contributed by atoms with Crippen LogP contribution in [0, 0.1) is 5.82 Å². The third kappa shape index (κ3) is 3.36. The number of rotatable bonds is 1. The maximum Gasteiger partial charge on any atom is 0.419 e. The third-order valence-electron chi connectivity index (χ3n) is 2.44. The largest absolute Gasteiger partial charge is 0.465 e. The summed E-state index contributed by atoms with van der Waals surface area (Å²) >= 11 is 0. The van der Waals surface area contributed by atoms with Crippen molar-refractivity contribution < 1.29 is 27.5 Å². The minimum atomic E-state index is -4.83. The Morgan fingerprint density at radius 3 is 2.11 bits per heavy atom. The zero-order chi connectivity index (χ0) is 15.0. The Kier molecular flexibility index (Phi) is 3.79. The van der Waals surface area contributed by atoms with E-state index in [1.165, 1.54) is 20.8 Å². The van der Waals surface area contributed by atoms with E-state index in [-0.39, 0.29) is 11.3 Å². The zero-order valence-corrected chi connectivity index (χ0v) is 10.5. The lowest BCUT2D eigenvalue weighted by molar-refractivity contribution is -0.140.